The molecule has 0 unspecified atom stereocenters. The van der Waals surface area contributed by atoms with E-state index in [0.29, 0.717) is 34.5 Å². The van der Waals surface area contributed by atoms with Crippen LogP contribution in [0.3, 0.4) is 0 Å². The Morgan fingerprint density at radius 3 is 2.31 bits per heavy atom. The van der Waals surface area contributed by atoms with Crippen LogP contribution in [-0.2, 0) is 0 Å². The molecule has 0 atom stereocenters. The Labute approximate surface area is 162 Å². The predicted molar refractivity (Wildman–Crippen MR) is 104 cm³/mol. The normalized spacial score (nSPS) is 15.1. The van der Waals surface area contributed by atoms with Crippen LogP contribution in [0.2, 0.25) is 5.02 Å². The molecule has 3 rings (SSSR count). The number of Topliss-reactive ketones (excluding diaryl/α,β-unsaturated/α-hetero) is 1. The van der Waals surface area contributed by atoms with Crippen LogP contribution in [0.5, 0.6) is 5.75 Å². The number of hydrogen-bond acceptors (Lipinski definition) is 5. The Hall–Kier alpha value is -1.89. The van der Waals surface area contributed by atoms with Crippen molar-refractivity contribution in [2.75, 3.05) is 39.3 Å². The average molecular weight is 393 g/mol. The number of ether oxygens (including phenoxy) is 1. The highest BCUT2D eigenvalue weighted by atomic mass is 35.5. The molecule has 0 N–H and O–H groups in total. The number of piperazine rings is 1. The Bertz CT molecular complexity index is 767. The van der Waals surface area contributed by atoms with Crippen molar-refractivity contribution < 1.29 is 14.3 Å². The minimum absolute atomic E-state index is 0.000410. The minimum atomic E-state index is -0.000410. The summed E-state index contributed by atoms with van der Waals surface area (Å²) in [6, 6.07) is 10.8. The molecule has 7 heteroatoms. The molecule has 1 fully saturated rings. The molecule has 138 valence electrons. The smallest absolute Gasteiger partial charge is 0.264 e. The van der Waals surface area contributed by atoms with Gasteiger partial charge >= 0.3 is 0 Å². The Morgan fingerprint density at radius 1 is 1.04 bits per heavy atom. The van der Waals surface area contributed by atoms with E-state index < -0.39 is 0 Å². The molecule has 0 radical (unpaired) electrons. The lowest BCUT2D eigenvalue weighted by Crippen LogP contribution is -2.49. The van der Waals surface area contributed by atoms with Gasteiger partial charge in [0.15, 0.2) is 5.78 Å². The molecule has 1 aliphatic heterocycles. The molecule has 0 saturated carbocycles. The number of carbonyl (C=O) groups is 2. The fraction of sp³-hybridized carbons (Fsp3) is 0.368. The zero-order valence-corrected chi connectivity index (χ0v) is 16.2. The largest absolute Gasteiger partial charge is 0.492 e. The van der Waals surface area contributed by atoms with Crippen molar-refractivity contribution in [1.82, 2.24) is 9.80 Å². The Kier molecular flexibility index (Phi) is 6.29. The molecule has 26 heavy (non-hydrogen) atoms. The van der Waals surface area contributed by atoms with Crippen LogP contribution in [-0.4, -0.2) is 60.8 Å². The Morgan fingerprint density at radius 2 is 1.69 bits per heavy atom. The number of thiophene rings is 1. The summed E-state index contributed by atoms with van der Waals surface area (Å²) in [6.07, 6.45) is 0. The highest BCUT2D eigenvalue weighted by Gasteiger charge is 2.23. The monoisotopic (exact) mass is 392 g/mol. The molecule has 5 nitrogen and oxygen atoms in total. The quantitative estimate of drug-likeness (QED) is 0.706. The van der Waals surface area contributed by atoms with Gasteiger partial charge in [-0.3, -0.25) is 14.5 Å². The summed E-state index contributed by atoms with van der Waals surface area (Å²) in [5.41, 5.74) is 0. The standard InChI is InChI=1S/C19H21ClN2O3S/c1-14(23)17-6-7-18(26-17)19(24)22-10-8-21(9-11-22)12-13-25-16-4-2-15(20)3-5-16/h2-7H,8-13H2,1H3. The zero-order valence-electron chi connectivity index (χ0n) is 14.6. The highest BCUT2D eigenvalue weighted by Crippen LogP contribution is 2.20. The third kappa shape index (κ3) is 4.84. The number of hydrogen-bond donors (Lipinski definition) is 0. The summed E-state index contributed by atoms with van der Waals surface area (Å²) in [7, 11) is 0. The molecular formula is C19H21ClN2O3S. The number of rotatable bonds is 6. The van der Waals surface area contributed by atoms with E-state index in [4.69, 9.17) is 16.3 Å². The van der Waals surface area contributed by atoms with E-state index >= 15 is 0 Å². The minimum Gasteiger partial charge on any atom is -0.492 e. The van der Waals surface area contributed by atoms with Crippen molar-refractivity contribution >= 4 is 34.6 Å². The van der Waals surface area contributed by atoms with Crippen molar-refractivity contribution in [3.05, 3.63) is 51.2 Å². The van der Waals surface area contributed by atoms with E-state index in [2.05, 4.69) is 4.90 Å². The predicted octanol–water partition coefficient (Wildman–Crippen LogP) is 3.44. The van der Waals surface area contributed by atoms with Gasteiger partial charge in [-0.05, 0) is 43.3 Å². The first kappa shape index (κ1) is 18.9. The molecule has 1 amide bonds. The van der Waals surface area contributed by atoms with Crippen LogP contribution < -0.4 is 4.74 Å². The number of nitrogens with zero attached hydrogens (tertiary/aromatic N) is 2. The van der Waals surface area contributed by atoms with Gasteiger partial charge in [-0.2, -0.15) is 0 Å². The number of carbonyl (C=O) groups excluding carboxylic acids is 2. The van der Waals surface area contributed by atoms with Crippen LogP contribution in [0.1, 0.15) is 26.3 Å². The summed E-state index contributed by atoms with van der Waals surface area (Å²) in [5.74, 6) is 0.821. The third-order valence-corrected chi connectivity index (χ3v) is 5.74. The summed E-state index contributed by atoms with van der Waals surface area (Å²) >= 11 is 7.13. The van der Waals surface area contributed by atoms with E-state index in [-0.39, 0.29) is 11.7 Å². The SMILES string of the molecule is CC(=O)c1ccc(C(=O)N2CCN(CCOc3ccc(Cl)cc3)CC2)s1. The van der Waals surface area contributed by atoms with Gasteiger partial charge in [0.05, 0.1) is 9.75 Å². The number of halogens is 1. The van der Waals surface area contributed by atoms with Gasteiger partial charge in [0, 0.05) is 37.7 Å². The maximum absolute atomic E-state index is 12.5. The van der Waals surface area contributed by atoms with Crippen LogP contribution in [0.15, 0.2) is 36.4 Å². The van der Waals surface area contributed by atoms with E-state index in [1.54, 1.807) is 12.1 Å². The lowest BCUT2D eigenvalue weighted by molar-refractivity contribution is 0.0625. The summed E-state index contributed by atoms with van der Waals surface area (Å²) in [6.45, 7) is 5.95. The molecule has 1 aromatic carbocycles. The van der Waals surface area contributed by atoms with Gasteiger partial charge in [0.25, 0.3) is 5.91 Å². The first-order valence-electron chi connectivity index (χ1n) is 8.54. The van der Waals surface area contributed by atoms with Crippen LogP contribution in [0.4, 0.5) is 0 Å². The fourth-order valence-electron chi connectivity index (χ4n) is 2.80. The lowest BCUT2D eigenvalue weighted by atomic mass is 10.3. The van der Waals surface area contributed by atoms with E-state index in [1.165, 1.54) is 18.3 Å². The molecule has 0 bridgehead atoms. The van der Waals surface area contributed by atoms with Gasteiger partial charge in [-0.25, -0.2) is 0 Å². The summed E-state index contributed by atoms with van der Waals surface area (Å²) < 4.78 is 5.72. The van der Waals surface area contributed by atoms with E-state index in [9.17, 15) is 9.59 Å². The topological polar surface area (TPSA) is 49.9 Å². The van der Waals surface area contributed by atoms with Crippen LogP contribution in [0.25, 0.3) is 0 Å². The molecule has 1 aliphatic rings. The molecule has 2 heterocycles. The lowest BCUT2D eigenvalue weighted by Gasteiger charge is -2.34. The van der Waals surface area contributed by atoms with E-state index in [0.717, 1.165) is 25.4 Å². The van der Waals surface area contributed by atoms with Crippen molar-refractivity contribution in [3.63, 3.8) is 0 Å². The van der Waals surface area contributed by atoms with Crippen LogP contribution >= 0.6 is 22.9 Å². The van der Waals surface area contributed by atoms with Gasteiger partial charge in [0.2, 0.25) is 0 Å². The maximum atomic E-state index is 12.5. The average Bonchev–Trinajstić information content (AvgIpc) is 3.14. The maximum Gasteiger partial charge on any atom is 0.264 e. The second-order valence-electron chi connectivity index (χ2n) is 6.16. The van der Waals surface area contributed by atoms with E-state index in [1.807, 2.05) is 29.2 Å². The number of benzene rings is 1. The number of amides is 1. The molecule has 1 saturated heterocycles. The summed E-state index contributed by atoms with van der Waals surface area (Å²) in [5, 5.41) is 0.694. The summed E-state index contributed by atoms with van der Waals surface area (Å²) in [4.78, 5) is 29.3. The van der Waals surface area contributed by atoms with Gasteiger partial charge < -0.3 is 9.64 Å². The number of ketones is 1. The molecule has 0 aliphatic carbocycles. The van der Waals surface area contributed by atoms with Crippen molar-refractivity contribution in [1.29, 1.82) is 0 Å². The van der Waals surface area contributed by atoms with Crippen molar-refractivity contribution in [2.24, 2.45) is 0 Å². The first-order valence-corrected chi connectivity index (χ1v) is 9.73. The Balaban J connectivity index is 1.42. The molecule has 2 aromatic rings. The highest BCUT2D eigenvalue weighted by molar-refractivity contribution is 7.15. The van der Waals surface area contributed by atoms with Gasteiger partial charge in [-0.15, -0.1) is 11.3 Å². The molecule has 0 spiro atoms. The van der Waals surface area contributed by atoms with Crippen molar-refractivity contribution in [3.8, 4) is 5.75 Å². The molecule has 1 aromatic heterocycles. The second-order valence-corrected chi connectivity index (χ2v) is 7.68. The van der Waals surface area contributed by atoms with Crippen molar-refractivity contribution in [2.45, 2.75) is 6.92 Å². The third-order valence-electron chi connectivity index (χ3n) is 4.31. The second kappa shape index (κ2) is 8.66. The molecular weight excluding hydrogens is 372 g/mol. The van der Waals surface area contributed by atoms with Crippen LogP contribution in [0, 0.1) is 0 Å². The fourth-order valence-corrected chi connectivity index (χ4v) is 3.79. The first-order chi connectivity index (χ1) is 12.5. The zero-order chi connectivity index (χ0) is 18.5. The van der Waals surface area contributed by atoms with Gasteiger partial charge in [0.1, 0.15) is 12.4 Å². The van der Waals surface area contributed by atoms with Gasteiger partial charge in [-0.1, -0.05) is 11.6 Å².